The molecule has 284 valence electrons. The van der Waals surface area contributed by atoms with E-state index in [0.29, 0.717) is 45.2 Å². The molecule has 8 aromatic rings. The third kappa shape index (κ3) is 6.43. The zero-order valence-electron chi connectivity index (χ0n) is 25.9. The molecule has 0 fully saturated rings. The van der Waals surface area contributed by atoms with Crippen molar-refractivity contribution < 1.29 is 0 Å². The van der Waals surface area contributed by atoms with Crippen LogP contribution in [0.3, 0.4) is 0 Å². The van der Waals surface area contributed by atoms with E-state index in [1.807, 2.05) is 6.07 Å². The minimum atomic E-state index is 0.523. The van der Waals surface area contributed by atoms with Crippen molar-refractivity contribution in [3.05, 3.63) is 95.1 Å². The number of nitrogens with zero attached hydrogens (tertiary/aromatic N) is 5. The average Bonchev–Trinajstić information content (AvgIpc) is 3.89. The fourth-order valence-electron chi connectivity index (χ4n) is 6.37. The average molecular weight is 1780 g/mol. The standard InChI is InChI=1S/C32H4Br16N8/c33-3-1-2-4(12(35)11(3)34)26-49-25(2)50-27-5-6(14(37)20(43)19(42)13(5)36)28(51-27)52-29-7-8(16(39)22(45)21(44)15(7)38)30(53-29)55-32-10-9(31(54-26)56(32)48)17(40)23(46)24(47)18(10)41/h1H,(H3,49,50,51,52,53,54,55). The molecule has 3 N–H and O–H groups in total. The third-order valence-electron chi connectivity index (χ3n) is 8.81. The predicted molar refractivity (Wildman–Crippen MR) is 280 cm³/mol. The van der Waals surface area contributed by atoms with Crippen LogP contribution in [0.25, 0.3) is 43.1 Å². The number of fused-ring (bicyclic) bond motifs is 20. The van der Waals surface area contributed by atoms with Crippen molar-refractivity contribution >= 4 is 321 Å². The Morgan fingerprint density at radius 3 is 1.14 bits per heavy atom. The first-order valence-corrected chi connectivity index (χ1v) is 27.4. The molecule has 5 heterocycles. The highest BCUT2D eigenvalue weighted by Gasteiger charge is 2.28. The van der Waals surface area contributed by atoms with Crippen molar-refractivity contribution in [1.29, 1.82) is 0 Å². The van der Waals surface area contributed by atoms with Gasteiger partial charge in [0.05, 0.1) is 16.1 Å². The van der Waals surface area contributed by atoms with Crippen LogP contribution >= 0.6 is 255 Å². The van der Waals surface area contributed by atoms with Crippen molar-refractivity contribution in [3.63, 3.8) is 0 Å². The molecular weight excluding hydrogens is 1770 g/mol. The van der Waals surface area contributed by atoms with Gasteiger partial charge >= 0.3 is 0 Å². The molecule has 4 aromatic carbocycles. The van der Waals surface area contributed by atoms with Gasteiger partial charge in [-0.05, 0) is 245 Å². The van der Waals surface area contributed by atoms with E-state index in [1.54, 1.807) is 3.59 Å². The zero-order chi connectivity index (χ0) is 40.1. The summed E-state index contributed by atoms with van der Waals surface area (Å²) >= 11 is 61.1. The minimum Gasteiger partial charge on any atom is -0.324 e. The predicted octanol–water partition coefficient (Wildman–Crippen LogP) is 17.8. The molecule has 0 aliphatic carbocycles. The summed E-state index contributed by atoms with van der Waals surface area (Å²) < 4.78 is 13.6. The van der Waals surface area contributed by atoms with Crippen LogP contribution in [-0.2, 0) is 0 Å². The summed E-state index contributed by atoms with van der Waals surface area (Å²) in [5.74, 6) is 2.16. The largest absolute Gasteiger partial charge is 0.324 e. The highest BCUT2D eigenvalue weighted by atomic mass is 79.9. The second-order valence-corrected chi connectivity index (χ2v) is 24.4. The van der Waals surface area contributed by atoms with Crippen LogP contribution in [0.1, 0.15) is 0 Å². The lowest BCUT2D eigenvalue weighted by molar-refractivity contribution is 1.07. The first-order valence-electron chi connectivity index (χ1n) is 14.8. The van der Waals surface area contributed by atoms with Gasteiger partial charge in [0.15, 0.2) is 11.6 Å². The molecule has 4 aromatic heterocycles. The maximum Gasteiger partial charge on any atom is 0.156 e. The maximum absolute atomic E-state index is 5.37. The minimum absolute atomic E-state index is 0.523. The smallest absolute Gasteiger partial charge is 0.156 e. The van der Waals surface area contributed by atoms with Gasteiger partial charge in [-0.25, -0.2) is 23.6 Å². The van der Waals surface area contributed by atoms with Crippen LogP contribution in [-0.4, -0.2) is 18.5 Å². The highest BCUT2D eigenvalue weighted by Crippen LogP contribution is 2.53. The molecule has 1 aliphatic rings. The molecule has 0 amide bonds. The lowest BCUT2D eigenvalue weighted by Gasteiger charge is -2.07. The number of rotatable bonds is 0. The van der Waals surface area contributed by atoms with Gasteiger partial charge in [0, 0.05) is 110 Å². The topological polar surface area (TPSA) is 102 Å². The van der Waals surface area contributed by atoms with Crippen LogP contribution in [0.2, 0.25) is 0 Å². The molecule has 24 heteroatoms. The molecule has 0 saturated carbocycles. The van der Waals surface area contributed by atoms with E-state index < -0.39 is 0 Å². The summed E-state index contributed by atoms with van der Waals surface area (Å²) in [6.07, 6.45) is 0. The Kier molecular flexibility index (Phi) is 12.2. The number of H-pyrrole nitrogens is 3. The first-order chi connectivity index (χ1) is 26.4. The van der Waals surface area contributed by atoms with Crippen molar-refractivity contribution in [1.82, 2.24) is 18.5 Å². The number of aromatic nitrogens is 4. The molecule has 9 rings (SSSR count). The normalized spacial score (nSPS) is 12.9. The summed E-state index contributed by atoms with van der Waals surface area (Å²) in [5.41, 5.74) is 2.14. The van der Waals surface area contributed by atoms with E-state index in [0.717, 1.165) is 110 Å². The van der Waals surface area contributed by atoms with Crippen molar-refractivity contribution in [2.45, 2.75) is 0 Å². The molecule has 0 spiro atoms. The fraction of sp³-hybridized carbons (Fsp3) is 0. The fourth-order valence-corrected chi connectivity index (χ4v) is 16.0. The number of hydrogen-bond acceptors (Lipinski definition) is 4. The first kappa shape index (κ1) is 43.2. The summed E-state index contributed by atoms with van der Waals surface area (Å²) in [4.78, 5) is 32.0. The summed E-state index contributed by atoms with van der Waals surface area (Å²) in [6, 6.07) is 2.00. The van der Waals surface area contributed by atoms with E-state index in [4.69, 9.17) is 20.0 Å². The van der Waals surface area contributed by atoms with Gasteiger partial charge < -0.3 is 15.0 Å². The monoisotopic (exact) mass is 1760 g/mol. The zero-order valence-corrected chi connectivity index (χ0v) is 51.2. The Balaban J connectivity index is 1.63. The third-order valence-corrected chi connectivity index (χ3v) is 27.1. The molecule has 0 radical (unpaired) electrons. The summed E-state index contributed by atoms with van der Waals surface area (Å²) in [6.45, 7) is 0. The second kappa shape index (κ2) is 15.9. The van der Waals surface area contributed by atoms with Gasteiger partial charge in [-0.1, -0.05) is 0 Å². The van der Waals surface area contributed by atoms with Crippen molar-refractivity contribution in [2.75, 3.05) is 0 Å². The Hall–Kier alpha value is 1.92. The number of nitrogens with one attached hydrogen (secondary N) is 3. The van der Waals surface area contributed by atoms with Gasteiger partial charge in [-0.2, -0.15) is 0 Å². The molecule has 56 heavy (non-hydrogen) atoms. The molecule has 8 bridgehead atoms. The van der Waals surface area contributed by atoms with Crippen LogP contribution < -0.4 is 22.0 Å². The Bertz CT molecular complexity index is 3450. The van der Waals surface area contributed by atoms with E-state index in [1.165, 1.54) is 0 Å². The van der Waals surface area contributed by atoms with Gasteiger partial charge in [0.1, 0.15) is 33.6 Å². The van der Waals surface area contributed by atoms with Gasteiger partial charge in [0.2, 0.25) is 0 Å². The SMILES string of the molecule is Brc1cc2c3[nH]c(c2c(Br)c1Br)=Nc1c2c(Br)c(Br)c(Br)c(Br)c2c(n1Br)N=c1[nH]c(c2c(Br)c(Br)c(Br)c(Br)c12)=Nc1[nH]c(c2c(Br)c(Br)c(Br)c(Br)c12)N=3. The quantitative estimate of drug-likeness (QED) is 0.0995. The van der Waals surface area contributed by atoms with Gasteiger partial charge in [0.25, 0.3) is 0 Å². The van der Waals surface area contributed by atoms with E-state index in [2.05, 4.69) is 270 Å². The van der Waals surface area contributed by atoms with E-state index in [-0.39, 0.29) is 0 Å². The molecule has 0 saturated heterocycles. The highest BCUT2D eigenvalue weighted by molar-refractivity contribution is 9.16. The lowest BCUT2D eigenvalue weighted by atomic mass is 10.2. The molecule has 1 aliphatic heterocycles. The summed E-state index contributed by atoms with van der Waals surface area (Å²) in [5, 5.41) is 6.24. The van der Waals surface area contributed by atoms with Gasteiger partial charge in [-0.3, -0.25) is 0 Å². The number of hydrogen-bond donors (Lipinski definition) is 3. The molecule has 0 unspecified atom stereocenters. The molecule has 0 atom stereocenters. The Labute approximate surface area is 447 Å². The lowest BCUT2D eigenvalue weighted by Crippen LogP contribution is -2.11. The maximum atomic E-state index is 5.37. The van der Waals surface area contributed by atoms with Crippen LogP contribution in [0.4, 0.5) is 23.3 Å². The number of benzene rings is 4. The van der Waals surface area contributed by atoms with Crippen molar-refractivity contribution in [3.8, 4) is 0 Å². The van der Waals surface area contributed by atoms with Crippen LogP contribution in [0.5, 0.6) is 0 Å². The van der Waals surface area contributed by atoms with Crippen molar-refractivity contribution in [2.24, 2.45) is 20.0 Å². The van der Waals surface area contributed by atoms with Crippen LogP contribution in [0, 0.1) is 0 Å². The number of aromatic amines is 3. The van der Waals surface area contributed by atoms with E-state index >= 15 is 0 Å². The number of halogens is 16. The Morgan fingerprint density at radius 1 is 0.339 bits per heavy atom. The van der Waals surface area contributed by atoms with Gasteiger partial charge in [-0.15, -0.1) is 0 Å². The second-order valence-electron chi connectivity index (χ2n) is 11.8. The molecule has 8 nitrogen and oxygen atoms in total. The Morgan fingerprint density at radius 2 is 0.679 bits per heavy atom. The van der Waals surface area contributed by atoms with E-state index in [9.17, 15) is 0 Å². The molecular formula is C32H4Br16N8. The van der Waals surface area contributed by atoms with Crippen LogP contribution in [0.15, 0.2) is 93.1 Å². The summed E-state index contributed by atoms with van der Waals surface area (Å²) in [7, 11) is 0.